The molecule has 0 aliphatic carbocycles. The summed E-state index contributed by atoms with van der Waals surface area (Å²) >= 11 is 0. The molecule has 0 bridgehead atoms. The third-order valence-electron chi connectivity index (χ3n) is 4.36. The van der Waals surface area contributed by atoms with E-state index in [1.54, 1.807) is 0 Å². The first-order valence-corrected chi connectivity index (χ1v) is 7.88. The number of anilines is 2. The standard InChI is InChI=1S/C17H28N2/c1-3-5-8-14(4-2)13-19-12-7-10-15-9-6-11-16(18)17(15)19/h6,9,11,14H,3-5,7-8,10,12-13,18H2,1-2H3. The van der Waals surface area contributed by atoms with Gasteiger partial charge in [0, 0.05) is 13.1 Å². The predicted octanol–water partition coefficient (Wildman–Crippen LogP) is 4.24. The smallest absolute Gasteiger partial charge is 0.0632 e. The van der Waals surface area contributed by atoms with Gasteiger partial charge in [-0.2, -0.15) is 0 Å². The van der Waals surface area contributed by atoms with Crippen molar-refractivity contribution >= 4 is 11.4 Å². The molecule has 1 heterocycles. The molecule has 2 heteroatoms. The van der Waals surface area contributed by atoms with Gasteiger partial charge in [0.15, 0.2) is 0 Å². The molecule has 0 saturated heterocycles. The number of nitrogens with zero attached hydrogens (tertiary/aromatic N) is 1. The number of hydrogen-bond acceptors (Lipinski definition) is 2. The van der Waals surface area contributed by atoms with Crippen molar-refractivity contribution in [2.75, 3.05) is 23.7 Å². The second-order valence-corrected chi connectivity index (χ2v) is 5.82. The maximum absolute atomic E-state index is 6.21. The fraction of sp³-hybridized carbons (Fsp3) is 0.647. The largest absolute Gasteiger partial charge is 0.397 e. The molecule has 19 heavy (non-hydrogen) atoms. The summed E-state index contributed by atoms with van der Waals surface area (Å²) < 4.78 is 0. The van der Waals surface area contributed by atoms with Crippen molar-refractivity contribution in [2.45, 2.75) is 52.4 Å². The number of para-hydroxylation sites is 1. The van der Waals surface area contributed by atoms with Crippen LogP contribution in [0.3, 0.4) is 0 Å². The van der Waals surface area contributed by atoms with Crippen LogP contribution in [0.5, 0.6) is 0 Å². The molecule has 1 aromatic rings. The van der Waals surface area contributed by atoms with Gasteiger partial charge >= 0.3 is 0 Å². The summed E-state index contributed by atoms with van der Waals surface area (Å²) in [5.74, 6) is 0.811. The summed E-state index contributed by atoms with van der Waals surface area (Å²) in [6.45, 7) is 6.95. The molecule has 106 valence electrons. The van der Waals surface area contributed by atoms with Crippen LogP contribution in [-0.2, 0) is 6.42 Å². The Kier molecular flexibility index (Phi) is 5.12. The minimum atomic E-state index is 0.811. The van der Waals surface area contributed by atoms with Crippen LogP contribution < -0.4 is 10.6 Å². The zero-order valence-electron chi connectivity index (χ0n) is 12.5. The molecule has 0 amide bonds. The van der Waals surface area contributed by atoms with Crippen molar-refractivity contribution in [1.82, 2.24) is 0 Å². The summed E-state index contributed by atoms with van der Waals surface area (Å²) in [5.41, 5.74) is 9.93. The van der Waals surface area contributed by atoms with Crippen molar-refractivity contribution in [3.05, 3.63) is 23.8 Å². The summed E-state index contributed by atoms with van der Waals surface area (Å²) in [5, 5.41) is 0. The van der Waals surface area contributed by atoms with E-state index < -0.39 is 0 Å². The lowest BCUT2D eigenvalue weighted by Gasteiger charge is -2.35. The number of fused-ring (bicyclic) bond motifs is 1. The maximum Gasteiger partial charge on any atom is 0.0632 e. The molecule has 0 aromatic heterocycles. The highest BCUT2D eigenvalue weighted by atomic mass is 15.1. The molecular formula is C17H28N2. The van der Waals surface area contributed by atoms with Crippen LogP contribution in [-0.4, -0.2) is 13.1 Å². The van der Waals surface area contributed by atoms with Crippen molar-refractivity contribution in [1.29, 1.82) is 0 Å². The first-order chi connectivity index (χ1) is 9.26. The Bertz CT molecular complexity index is 400. The highest BCUT2D eigenvalue weighted by molar-refractivity contribution is 5.72. The van der Waals surface area contributed by atoms with Crippen LogP contribution in [0.4, 0.5) is 11.4 Å². The molecule has 1 aromatic carbocycles. The van der Waals surface area contributed by atoms with E-state index in [4.69, 9.17) is 5.73 Å². The lowest BCUT2D eigenvalue weighted by molar-refractivity contribution is 0.441. The molecule has 1 aliphatic rings. The number of nitrogens with two attached hydrogens (primary N) is 1. The van der Waals surface area contributed by atoms with Gasteiger partial charge in [-0.3, -0.25) is 0 Å². The SMILES string of the molecule is CCCCC(CC)CN1CCCc2cccc(N)c21. The van der Waals surface area contributed by atoms with Crippen molar-refractivity contribution in [2.24, 2.45) is 5.92 Å². The van der Waals surface area contributed by atoms with Crippen molar-refractivity contribution < 1.29 is 0 Å². The zero-order valence-corrected chi connectivity index (χ0v) is 12.5. The topological polar surface area (TPSA) is 29.3 Å². The normalized spacial score (nSPS) is 16.2. The van der Waals surface area contributed by atoms with E-state index >= 15 is 0 Å². The summed E-state index contributed by atoms with van der Waals surface area (Å²) in [7, 11) is 0. The second kappa shape index (κ2) is 6.83. The number of nitrogen functional groups attached to an aromatic ring is 1. The average molecular weight is 260 g/mol. The van der Waals surface area contributed by atoms with E-state index in [-0.39, 0.29) is 0 Å². The Morgan fingerprint density at radius 3 is 2.89 bits per heavy atom. The Hall–Kier alpha value is -1.18. The number of hydrogen-bond donors (Lipinski definition) is 1. The summed E-state index contributed by atoms with van der Waals surface area (Å²) in [6.07, 6.45) is 7.73. The molecule has 1 atom stereocenters. The Labute approximate surface area is 118 Å². The Morgan fingerprint density at radius 1 is 1.32 bits per heavy atom. The minimum Gasteiger partial charge on any atom is -0.397 e. The number of aryl methyl sites for hydroxylation is 1. The van der Waals surface area contributed by atoms with Crippen LogP contribution >= 0.6 is 0 Å². The number of benzene rings is 1. The van der Waals surface area contributed by atoms with Crippen LogP contribution in [0.2, 0.25) is 0 Å². The third-order valence-corrected chi connectivity index (χ3v) is 4.36. The van der Waals surface area contributed by atoms with E-state index in [9.17, 15) is 0 Å². The lowest BCUT2D eigenvalue weighted by Crippen LogP contribution is -2.34. The van der Waals surface area contributed by atoms with Gasteiger partial charge < -0.3 is 10.6 Å². The molecule has 0 spiro atoms. The zero-order chi connectivity index (χ0) is 13.7. The van der Waals surface area contributed by atoms with Crippen LogP contribution in [0.25, 0.3) is 0 Å². The Morgan fingerprint density at radius 2 is 2.16 bits per heavy atom. The molecule has 2 nitrogen and oxygen atoms in total. The minimum absolute atomic E-state index is 0.811. The van der Waals surface area contributed by atoms with E-state index in [0.29, 0.717) is 0 Å². The monoisotopic (exact) mass is 260 g/mol. The fourth-order valence-corrected chi connectivity index (χ4v) is 3.18. The summed E-state index contributed by atoms with van der Waals surface area (Å²) in [4.78, 5) is 2.54. The maximum atomic E-state index is 6.21. The van der Waals surface area contributed by atoms with Crippen LogP contribution in [0.1, 0.15) is 51.5 Å². The lowest BCUT2D eigenvalue weighted by atomic mass is 9.95. The van der Waals surface area contributed by atoms with Crippen LogP contribution in [0.15, 0.2) is 18.2 Å². The second-order valence-electron chi connectivity index (χ2n) is 5.82. The molecule has 2 rings (SSSR count). The highest BCUT2D eigenvalue weighted by Crippen LogP contribution is 2.33. The van der Waals surface area contributed by atoms with Gasteiger partial charge in [0.2, 0.25) is 0 Å². The molecule has 2 N–H and O–H groups in total. The summed E-state index contributed by atoms with van der Waals surface area (Å²) in [6, 6.07) is 6.38. The van der Waals surface area contributed by atoms with Gasteiger partial charge in [-0.15, -0.1) is 0 Å². The number of unbranched alkanes of at least 4 members (excludes halogenated alkanes) is 1. The van der Waals surface area contributed by atoms with Gasteiger partial charge in [0.05, 0.1) is 11.4 Å². The van der Waals surface area contributed by atoms with Crippen molar-refractivity contribution in [3.8, 4) is 0 Å². The van der Waals surface area contributed by atoms with E-state index in [1.807, 2.05) is 6.07 Å². The molecule has 0 saturated carbocycles. The molecule has 1 aliphatic heterocycles. The van der Waals surface area contributed by atoms with Gasteiger partial charge in [-0.1, -0.05) is 45.2 Å². The van der Waals surface area contributed by atoms with E-state index in [2.05, 4.69) is 30.9 Å². The van der Waals surface area contributed by atoms with E-state index in [1.165, 1.54) is 62.9 Å². The molecule has 0 fully saturated rings. The third kappa shape index (κ3) is 3.43. The van der Waals surface area contributed by atoms with Gasteiger partial charge in [-0.25, -0.2) is 0 Å². The molecule has 1 unspecified atom stereocenters. The Balaban J connectivity index is 2.10. The quantitative estimate of drug-likeness (QED) is 0.775. The van der Waals surface area contributed by atoms with Gasteiger partial charge in [-0.05, 0) is 36.8 Å². The predicted molar refractivity (Wildman–Crippen MR) is 84.7 cm³/mol. The van der Waals surface area contributed by atoms with Gasteiger partial charge in [0.25, 0.3) is 0 Å². The van der Waals surface area contributed by atoms with Crippen LogP contribution in [0, 0.1) is 5.92 Å². The molecular weight excluding hydrogens is 232 g/mol. The van der Waals surface area contributed by atoms with Crippen molar-refractivity contribution in [3.63, 3.8) is 0 Å². The highest BCUT2D eigenvalue weighted by Gasteiger charge is 2.21. The first kappa shape index (κ1) is 14.2. The average Bonchev–Trinajstić information content (AvgIpc) is 2.43. The number of rotatable bonds is 6. The molecule has 0 radical (unpaired) electrons. The first-order valence-electron chi connectivity index (χ1n) is 7.88. The van der Waals surface area contributed by atoms with E-state index in [0.717, 1.165) is 11.6 Å². The van der Waals surface area contributed by atoms with Gasteiger partial charge in [0.1, 0.15) is 0 Å². The fourth-order valence-electron chi connectivity index (χ4n) is 3.18.